The second-order valence-electron chi connectivity index (χ2n) is 11.8. The Morgan fingerprint density at radius 3 is 1.19 bits per heavy atom. The molecular weight excluding hydrogens is 637 g/mol. The van der Waals surface area contributed by atoms with Crippen molar-refractivity contribution in [2.45, 2.75) is 9.79 Å². The van der Waals surface area contributed by atoms with Gasteiger partial charge in [0.2, 0.25) is 9.84 Å². The number of hydrogen-bond donors (Lipinski definition) is 0. The summed E-state index contributed by atoms with van der Waals surface area (Å²) in [7, 11) is -3.73. The van der Waals surface area contributed by atoms with Crippen molar-refractivity contribution in [3.63, 3.8) is 0 Å². The molecule has 0 amide bonds. The maximum absolute atomic E-state index is 13.9. The van der Waals surface area contributed by atoms with Crippen molar-refractivity contribution < 1.29 is 8.42 Å². The second kappa shape index (κ2) is 9.89. The number of hydrogen-bond acceptors (Lipinski definition) is 4. The molecule has 4 aromatic heterocycles. The number of fused-ring (bicyclic) bond motifs is 10. The van der Waals surface area contributed by atoms with Crippen LogP contribution in [0, 0.1) is 0 Å². The van der Waals surface area contributed by atoms with E-state index >= 15 is 0 Å². The quantitative estimate of drug-likeness (QED) is 0.189. The minimum atomic E-state index is -3.73. The molecule has 47 heavy (non-hydrogen) atoms. The Morgan fingerprint density at radius 1 is 0.404 bits per heavy atom. The highest BCUT2D eigenvalue weighted by Gasteiger charge is 2.22. The predicted molar refractivity (Wildman–Crippen MR) is 198 cm³/mol. The molecule has 7 heteroatoms. The molecule has 10 aromatic rings. The Morgan fingerprint density at radius 2 is 0.766 bits per heavy atom. The van der Waals surface area contributed by atoms with Gasteiger partial charge < -0.3 is 9.13 Å². The fraction of sp³-hybridized carbons (Fsp3) is 0. The molecule has 0 spiro atoms. The van der Waals surface area contributed by atoms with Gasteiger partial charge in [-0.15, -0.1) is 22.7 Å². The van der Waals surface area contributed by atoms with Gasteiger partial charge in [0.15, 0.2) is 0 Å². The van der Waals surface area contributed by atoms with E-state index in [9.17, 15) is 8.42 Å². The van der Waals surface area contributed by atoms with E-state index < -0.39 is 9.84 Å². The number of para-hydroxylation sites is 2. The Balaban J connectivity index is 1.05. The van der Waals surface area contributed by atoms with Crippen LogP contribution in [0.1, 0.15) is 0 Å². The first-order valence-corrected chi connectivity index (χ1v) is 18.5. The van der Waals surface area contributed by atoms with Crippen molar-refractivity contribution in [1.82, 2.24) is 9.13 Å². The van der Waals surface area contributed by atoms with Crippen molar-refractivity contribution in [3.8, 4) is 11.4 Å². The van der Waals surface area contributed by atoms with E-state index in [0.717, 1.165) is 32.1 Å². The first-order valence-electron chi connectivity index (χ1n) is 15.4. The fourth-order valence-electron chi connectivity index (χ4n) is 7.08. The van der Waals surface area contributed by atoms with Crippen LogP contribution in [0.3, 0.4) is 0 Å². The molecule has 4 nitrogen and oxygen atoms in total. The van der Waals surface area contributed by atoms with Gasteiger partial charge in [-0.25, -0.2) is 8.42 Å². The lowest BCUT2D eigenvalue weighted by atomic mass is 10.1. The zero-order valence-electron chi connectivity index (χ0n) is 24.8. The van der Waals surface area contributed by atoms with Gasteiger partial charge in [-0.2, -0.15) is 0 Å². The van der Waals surface area contributed by atoms with Gasteiger partial charge in [0.1, 0.15) is 9.66 Å². The van der Waals surface area contributed by atoms with E-state index in [1.165, 1.54) is 41.7 Å². The van der Waals surface area contributed by atoms with Crippen LogP contribution in [-0.2, 0) is 9.84 Å². The van der Waals surface area contributed by atoms with Crippen molar-refractivity contribution >= 4 is 94.9 Å². The molecule has 0 saturated carbocycles. The number of thiophene rings is 2. The molecule has 10 rings (SSSR count). The summed E-state index contributed by atoms with van der Waals surface area (Å²) in [4.78, 5) is 2.86. The van der Waals surface area contributed by atoms with Gasteiger partial charge in [-0.1, -0.05) is 72.8 Å². The van der Waals surface area contributed by atoms with Gasteiger partial charge in [0, 0.05) is 53.1 Å². The lowest BCUT2D eigenvalue weighted by Crippen LogP contribution is -2.03. The molecular formula is C40H24N2O2S3. The maximum atomic E-state index is 13.9. The first kappa shape index (κ1) is 27.0. The third-order valence-corrected chi connectivity index (χ3v) is 13.3. The van der Waals surface area contributed by atoms with Crippen LogP contribution in [0.2, 0.25) is 0 Å². The van der Waals surface area contributed by atoms with Crippen LogP contribution in [0.4, 0.5) is 0 Å². The minimum Gasteiger partial charge on any atom is -0.301 e. The molecule has 0 bridgehead atoms. The Labute approximate surface area is 277 Å². The SMILES string of the molecule is O=S(=O)(c1ccc(-n2c3ccccc3c3c4ccccc4sc32)cc1)c1ccc(-n2c3ccccc3c3c4ccccc4sc32)cc1. The van der Waals surface area contributed by atoms with E-state index in [2.05, 4.69) is 106 Å². The zero-order valence-corrected chi connectivity index (χ0v) is 27.2. The topological polar surface area (TPSA) is 44.0 Å². The van der Waals surface area contributed by atoms with Crippen LogP contribution in [0.5, 0.6) is 0 Å². The van der Waals surface area contributed by atoms with Gasteiger partial charge in [-0.05, 0) is 72.8 Å². The molecule has 0 fully saturated rings. The highest BCUT2D eigenvalue weighted by atomic mass is 32.2. The van der Waals surface area contributed by atoms with Crippen LogP contribution < -0.4 is 0 Å². The number of nitrogens with zero attached hydrogens (tertiary/aromatic N) is 2. The zero-order chi connectivity index (χ0) is 31.3. The normalized spacial score (nSPS) is 12.4. The molecule has 6 aromatic carbocycles. The molecule has 0 atom stereocenters. The van der Waals surface area contributed by atoms with Crippen molar-refractivity contribution in [2.75, 3.05) is 0 Å². The van der Waals surface area contributed by atoms with E-state index in [-0.39, 0.29) is 9.79 Å². The summed E-state index contributed by atoms with van der Waals surface area (Å²) in [6.45, 7) is 0. The minimum absolute atomic E-state index is 0.274. The van der Waals surface area contributed by atoms with Crippen molar-refractivity contribution in [1.29, 1.82) is 0 Å². The van der Waals surface area contributed by atoms with E-state index in [1.54, 1.807) is 46.9 Å². The second-order valence-corrected chi connectivity index (χ2v) is 15.8. The molecule has 0 unspecified atom stereocenters. The first-order chi connectivity index (χ1) is 23.1. The molecule has 0 N–H and O–H groups in total. The van der Waals surface area contributed by atoms with Gasteiger partial charge in [-0.3, -0.25) is 0 Å². The summed E-state index contributed by atoms with van der Waals surface area (Å²) in [6, 6.07) is 48.4. The van der Waals surface area contributed by atoms with Crippen LogP contribution in [0.15, 0.2) is 155 Å². The Bertz CT molecular complexity index is 2760. The molecule has 4 heterocycles. The van der Waals surface area contributed by atoms with E-state index in [1.807, 2.05) is 24.3 Å². The molecule has 0 aliphatic heterocycles. The molecule has 224 valence electrons. The Hall–Kier alpha value is -5.21. The molecule has 0 aliphatic carbocycles. The van der Waals surface area contributed by atoms with E-state index in [0.29, 0.717) is 0 Å². The summed E-state index contributed by atoms with van der Waals surface area (Å²) in [5.41, 5.74) is 4.08. The average Bonchev–Trinajstić information content (AvgIpc) is 3.85. The number of benzene rings is 6. The van der Waals surface area contributed by atoms with Gasteiger partial charge in [0.25, 0.3) is 0 Å². The van der Waals surface area contributed by atoms with Crippen LogP contribution >= 0.6 is 22.7 Å². The number of aromatic nitrogens is 2. The molecule has 0 radical (unpaired) electrons. The average molecular weight is 661 g/mol. The van der Waals surface area contributed by atoms with Crippen LogP contribution in [-0.4, -0.2) is 17.6 Å². The lowest BCUT2D eigenvalue weighted by molar-refractivity contribution is 0.596. The van der Waals surface area contributed by atoms with Crippen molar-refractivity contribution in [3.05, 3.63) is 146 Å². The highest BCUT2D eigenvalue weighted by Crippen LogP contribution is 2.44. The van der Waals surface area contributed by atoms with Gasteiger partial charge in [0.05, 0.1) is 20.8 Å². The number of sulfone groups is 1. The smallest absolute Gasteiger partial charge is 0.206 e. The summed E-state index contributed by atoms with van der Waals surface area (Å²) in [5, 5.41) is 7.35. The number of rotatable bonds is 4. The summed E-state index contributed by atoms with van der Waals surface area (Å²) < 4.78 is 34.8. The summed E-state index contributed by atoms with van der Waals surface area (Å²) in [5.74, 6) is 0. The lowest BCUT2D eigenvalue weighted by Gasteiger charge is -2.11. The monoisotopic (exact) mass is 660 g/mol. The highest BCUT2D eigenvalue weighted by molar-refractivity contribution is 7.91. The standard InChI is InChI=1S/C40H24N2O2S3/c43-47(44,27-21-17-25(18-22-27)41-33-13-5-1-9-29(33)37-31-11-3-7-15-35(31)45-39(37)41)28-23-19-26(20-24-28)42-34-14-6-2-10-30(34)38-32-12-4-8-16-36(32)46-40(38)42/h1-24H. The molecule has 0 saturated heterocycles. The maximum Gasteiger partial charge on any atom is 0.206 e. The fourth-order valence-corrected chi connectivity index (χ4v) is 10.8. The third-order valence-electron chi connectivity index (χ3n) is 9.20. The van der Waals surface area contributed by atoms with Gasteiger partial charge >= 0.3 is 0 Å². The predicted octanol–water partition coefficient (Wildman–Crippen LogP) is 11.1. The molecule has 0 aliphatic rings. The van der Waals surface area contributed by atoms with E-state index in [4.69, 9.17) is 0 Å². The third kappa shape index (κ3) is 3.82. The van der Waals surface area contributed by atoms with Crippen LogP contribution in [0.25, 0.3) is 73.8 Å². The summed E-state index contributed by atoms with van der Waals surface area (Å²) in [6.07, 6.45) is 0. The largest absolute Gasteiger partial charge is 0.301 e. The Kier molecular flexibility index (Phi) is 5.67. The summed E-state index contributed by atoms with van der Waals surface area (Å²) >= 11 is 3.52. The van der Waals surface area contributed by atoms with Crippen molar-refractivity contribution in [2.24, 2.45) is 0 Å².